The number of β-amino-alcohol motifs (C(OH)–C–C–N with tert-alkyl or cyclic N) is 1. The van der Waals surface area contributed by atoms with Gasteiger partial charge in [-0.3, -0.25) is 24.3 Å². The molecule has 0 spiro atoms. The average molecular weight is 1230 g/mol. The van der Waals surface area contributed by atoms with Crippen molar-refractivity contribution in [2.45, 2.75) is 117 Å². The zero-order valence-electron chi connectivity index (χ0n) is 50.2. The van der Waals surface area contributed by atoms with Crippen LogP contribution in [0.3, 0.4) is 0 Å². The van der Waals surface area contributed by atoms with E-state index in [1.54, 1.807) is 47.6 Å². The molecular formula is C63H85Cl2N9O10S. The fourth-order valence-corrected chi connectivity index (χ4v) is 11.8. The number of nitriles is 1. The topological polar surface area (TPSA) is 222 Å². The standard InChI is InChI=1S/C63H85Cl2N9O10S/c1-43-59(85-42-70-43)45-18-16-44(17-19-45)39-69-61(77)53-33-47(75)41-74(53)62(78)60(63(2,3)4)67-20-11-7-8-12-26-81-29-31-83-32-30-82-27-13-9-10-15-57(76)73-24-22-72(23-25-73)21-14-28-84-56-36-51-48(34-55(56)80-6)58(46(38-66)40-68-51)71-52-37-54(79-5)50(65)35-49(52)64/h16-19,34-37,40,42,47,53,60,67,75H,7-15,20-33,39,41H2,1-6H3,(H,68,71)(H,69,77)/t47-,53+,60-/m1/s1. The Hall–Kier alpha value is -5.86. The third kappa shape index (κ3) is 19.8. The summed E-state index contributed by atoms with van der Waals surface area (Å²) < 4.78 is 34.5. The number of aryl methyl sites for hydroxylation is 1. The number of amides is 3. The maximum Gasteiger partial charge on any atom is 0.243 e. The van der Waals surface area contributed by atoms with Crippen molar-refractivity contribution in [3.63, 3.8) is 0 Å². The Labute approximate surface area is 514 Å². The molecule has 4 N–H and O–H groups in total. The van der Waals surface area contributed by atoms with Crippen molar-refractivity contribution in [2.75, 3.05) is 112 Å². The molecule has 2 aliphatic rings. The highest BCUT2D eigenvalue weighted by Gasteiger charge is 2.43. The van der Waals surface area contributed by atoms with E-state index >= 15 is 0 Å². The molecule has 19 nitrogen and oxygen atoms in total. The van der Waals surface area contributed by atoms with Gasteiger partial charge in [0.2, 0.25) is 17.7 Å². The molecule has 3 amide bonds. The number of hydrogen-bond acceptors (Lipinski definition) is 17. The molecule has 22 heteroatoms. The van der Waals surface area contributed by atoms with E-state index in [0.717, 1.165) is 92.7 Å². The Morgan fingerprint density at radius 3 is 2.15 bits per heavy atom. The van der Waals surface area contributed by atoms with Gasteiger partial charge < -0.3 is 59.3 Å². The Bertz CT molecular complexity index is 2990. The number of unbranched alkanes of at least 4 members (excludes halogenated alkanes) is 5. The fourth-order valence-electron chi connectivity index (χ4n) is 10.5. The van der Waals surface area contributed by atoms with Crippen LogP contribution in [0.2, 0.25) is 10.0 Å². The second-order valence-corrected chi connectivity index (χ2v) is 24.3. The third-order valence-electron chi connectivity index (χ3n) is 15.3. The summed E-state index contributed by atoms with van der Waals surface area (Å²) in [6.07, 6.45) is 8.77. The van der Waals surface area contributed by atoms with Crippen LogP contribution in [0.1, 0.15) is 102 Å². The quantitative estimate of drug-likeness (QED) is 0.0281. The number of halogens is 2. The summed E-state index contributed by atoms with van der Waals surface area (Å²) in [6.45, 7) is 16.9. The van der Waals surface area contributed by atoms with Crippen molar-refractivity contribution in [1.82, 2.24) is 35.3 Å². The lowest BCUT2D eigenvalue weighted by Gasteiger charge is -2.35. The molecule has 0 unspecified atom stereocenters. The number of nitrogens with zero attached hydrogens (tertiary/aromatic N) is 6. The van der Waals surface area contributed by atoms with Crippen molar-refractivity contribution in [3.05, 3.63) is 87.1 Å². The van der Waals surface area contributed by atoms with E-state index in [9.17, 15) is 24.8 Å². The summed E-state index contributed by atoms with van der Waals surface area (Å²) in [5.41, 5.74) is 6.41. The summed E-state index contributed by atoms with van der Waals surface area (Å²) in [5.74, 6) is 1.27. The molecule has 2 aromatic heterocycles. The van der Waals surface area contributed by atoms with Crippen LogP contribution in [0, 0.1) is 23.7 Å². The highest BCUT2D eigenvalue weighted by molar-refractivity contribution is 7.13. The first-order chi connectivity index (χ1) is 41.1. The van der Waals surface area contributed by atoms with Gasteiger partial charge >= 0.3 is 0 Å². The van der Waals surface area contributed by atoms with Crippen molar-refractivity contribution < 1.29 is 47.9 Å². The molecule has 3 aromatic carbocycles. The van der Waals surface area contributed by atoms with Gasteiger partial charge in [-0.05, 0) is 74.2 Å². The number of piperazine rings is 1. The zero-order valence-corrected chi connectivity index (χ0v) is 52.5. The Morgan fingerprint density at radius 1 is 0.812 bits per heavy atom. The van der Waals surface area contributed by atoms with E-state index in [-0.39, 0.29) is 30.7 Å². The minimum Gasteiger partial charge on any atom is -0.495 e. The smallest absolute Gasteiger partial charge is 0.243 e. The lowest BCUT2D eigenvalue weighted by Crippen LogP contribution is -2.56. The molecule has 0 aliphatic carbocycles. The highest BCUT2D eigenvalue weighted by atomic mass is 35.5. The van der Waals surface area contributed by atoms with Crippen LogP contribution in [0.25, 0.3) is 21.3 Å². The molecule has 3 atom stereocenters. The number of benzene rings is 3. The Kier molecular flexibility index (Phi) is 26.6. The van der Waals surface area contributed by atoms with Gasteiger partial charge in [0.25, 0.3) is 0 Å². The number of carbonyl (C=O) groups excluding carboxylic acids is 3. The molecular weight excluding hydrogens is 1150 g/mol. The molecule has 7 rings (SSSR count). The number of fused-ring (bicyclic) bond motifs is 1. The van der Waals surface area contributed by atoms with Crippen LogP contribution < -0.4 is 30.2 Å². The van der Waals surface area contributed by atoms with Crippen LogP contribution in [0.4, 0.5) is 11.4 Å². The van der Waals surface area contributed by atoms with Gasteiger partial charge in [0, 0.05) is 95.6 Å². The Balaban J connectivity index is 0.662. The molecule has 0 bridgehead atoms. The lowest BCUT2D eigenvalue weighted by molar-refractivity contribution is -0.142. The number of likely N-dealkylation sites (tertiary alicyclic amines) is 1. The summed E-state index contributed by atoms with van der Waals surface area (Å²) in [7, 11) is 3.08. The normalized spacial score (nSPS) is 15.9. The number of thiazole rings is 1. The molecule has 0 saturated carbocycles. The average Bonchev–Trinajstić information content (AvgIpc) is 2.40. The molecule has 2 saturated heterocycles. The number of methoxy groups -OCH3 is 2. The van der Waals surface area contributed by atoms with Gasteiger partial charge in [0.1, 0.15) is 17.9 Å². The van der Waals surface area contributed by atoms with E-state index < -0.39 is 23.6 Å². The summed E-state index contributed by atoms with van der Waals surface area (Å²) in [5, 5.41) is 31.7. The van der Waals surface area contributed by atoms with Crippen LogP contribution >= 0.6 is 34.5 Å². The molecule has 2 fully saturated rings. The molecule has 85 heavy (non-hydrogen) atoms. The monoisotopic (exact) mass is 1230 g/mol. The fraction of sp³-hybridized carbons (Fsp3) is 0.556. The van der Waals surface area contributed by atoms with Crippen LogP contribution in [0.15, 0.2) is 60.2 Å². The summed E-state index contributed by atoms with van der Waals surface area (Å²) in [4.78, 5) is 56.3. The van der Waals surface area contributed by atoms with E-state index in [1.165, 1.54) is 13.3 Å². The molecule has 0 radical (unpaired) electrons. The number of aliphatic hydroxyl groups is 1. The predicted octanol–water partition coefficient (Wildman–Crippen LogP) is 9.97. The van der Waals surface area contributed by atoms with Crippen LogP contribution in [-0.2, 0) is 35.1 Å². The number of rotatable bonds is 34. The van der Waals surface area contributed by atoms with Gasteiger partial charge in [0.05, 0.1) is 108 Å². The number of aromatic nitrogens is 2. The van der Waals surface area contributed by atoms with E-state index in [4.69, 9.17) is 51.6 Å². The first kappa shape index (κ1) is 66.7. The van der Waals surface area contributed by atoms with Crippen LogP contribution in [0.5, 0.6) is 17.2 Å². The first-order valence-electron chi connectivity index (χ1n) is 29.6. The Morgan fingerprint density at radius 2 is 1.49 bits per heavy atom. The minimum absolute atomic E-state index is 0.132. The van der Waals surface area contributed by atoms with Gasteiger partial charge in [-0.1, -0.05) is 87.5 Å². The van der Waals surface area contributed by atoms with Crippen molar-refractivity contribution >= 4 is 74.5 Å². The lowest BCUT2D eigenvalue weighted by atomic mass is 9.85. The van der Waals surface area contributed by atoms with E-state index in [0.29, 0.717) is 134 Å². The van der Waals surface area contributed by atoms with Gasteiger partial charge in [0.15, 0.2) is 11.5 Å². The maximum atomic E-state index is 14.0. The summed E-state index contributed by atoms with van der Waals surface area (Å²) in [6, 6.07) is 15.9. The van der Waals surface area contributed by atoms with Gasteiger partial charge in [-0.2, -0.15) is 5.26 Å². The highest BCUT2D eigenvalue weighted by Crippen LogP contribution is 2.41. The largest absolute Gasteiger partial charge is 0.495 e. The number of ether oxygens (including phenoxy) is 6. The van der Waals surface area contributed by atoms with Crippen molar-refractivity contribution in [3.8, 4) is 33.8 Å². The predicted molar refractivity (Wildman–Crippen MR) is 333 cm³/mol. The second-order valence-electron chi connectivity index (χ2n) is 22.6. The minimum atomic E-state index is -0.756. The third-order valence-corrected chi connectivity index (χ3v) is 16.9. The van der Waals surface area contributed by atoms with Gasteiger partial charge in [-0.15, -0.1) is 11.3 Å². The second kappa shape index (κ2) is 33.9. The number of carbonyl (C=O) groups is 3. The van der Waals surface area contributed by atoms with Crippen molar-refractivity contribution in [2.24, 2.45) is 5.41 Å². The maximum absolute atomic E-state index is 14.0. The van der Waals surface area contributed by atoms with Crippen LogP contribution in [-0.4, -0.2) is 172 Å². The zero-order chi connectivity index (χ0) is 60.7. The molecule has 5 aromatic rings. The number of hydrogen-bond donors (Lipinski definition) is 4. The molecule has 462 valence electrons. The summed E-state index contributed by atoms with van der Waals surface area (Å²) >= 11 is 14.4. The number of pyridine rings is 1. The molecule has 4 heterocycles. The first-order valence-corrected chi connectivity index (χ1v) is 31.3. The van der Waals surface area contributed by atoms with E-state index in [1.807, 2.05) is 62.4 Å². The number of anilines is 2. The SMILES string of the molecule is COc1cc(Nc2c(C#N)cnc3cc(OCCCN4CCN(C(=O)CCCCCOCCOCCOCCCCCCN[C@H](C(=O)N5C[C@H](O)C[C@H]5C(=O)NCc5ccc(-c6scnc6C)cc5)C(C)(C)C)CC4)c(OC)cc23)c(Cl)cc1Cl. The van der Waals surface area contributed by atoms with Crippen molar-refractivity contribution in [1.29, 1.82) is 5.26 Å². The van der Waals surface area contributed by atoms with E-state index in [2.05, 4.69) is 36.9 Å². The van der Waals surface area contributed by atoms with Gasteiger partial charge in [-0.25, -0.2) is 4.98 Å². The molecule has 2 aliphatic heterocycles. The number of nitrogens with one attached hydrogen (secondary N) is 3. The number of aliphatic hydroxyl groups excluding tert-OH is 1.